The lowest BCUT2D eigenvalue weighted by atomic mass is 9.45. The number of fused-ring (bicyclic) bond motifs is 5. The van der Waals surface area contributed by atoms with Gasteiger partial charge in [-0.3, -0.25) is 4.79 Å². The van der Waals surface area contributed by atoms with Gasteiger partial charge in [0, 0.05) is 5.41 Å². The number of halogens is 3. The first-order chi connectivity index (χ1) is 14.6. The van der Waals surface area contributed by atoms with Gasteiger partial charge in [0.05, 0.1) is 5.56 Å². The Morgan fingerprint density at radius 1 is 0.935 bits per heavy atom. The molecule has 0 radical (unpaired) electrons. The van der Waals surface area contributed by atoms with E-state index in [2.05, 4.69) is 13.8 Å². The van der Waals surface area contributed by atoms with E-state index in [1.165, 1.54) is 50.7 Å². The van der Waals surface area contributed by atoms with Crippen LogP contribution in [-0.4, -0.2) is 5.78 Å². The van der Waals surface area contributed by atoms with Crippen LogP contribution in [0.3, 0.4) is 0 Å². The quantitative estimate of drug-likeness (QED) is 0.417. The van der Waals surface area contributed by atoms with E-state index in [9.17, 15) is 18.0 Å². The summed E-state index contributed by atoms with van der Waals surface area (Å²) in [6, 6.07) is 5.21. The molecular weight excluding hydrogens is 397 g/mol. The zero-order valence-electron chi connectivity index (χ0n) is 18.6. The molecule has 4 aliphatic carbocycles. The van der Waals surface area contributed by atoms with Crippen molar-refractivity contribution in [1.82, 2.24) is 0 Å². The predicted molar refractivity (Wildman–Crippen MR) is 116 cm³/mol. The lowest BCUT2D eigenvalue weighted by Gasteiger charge is -2.59. The monoisotopic (exact) mass is 430 g/mol. The minimum atomic E-state index is -4.33. The number of benzene rings is 1. The summed E-state index contributed by atoms with van der Waals surface area (Å²) in [5, 5.41) is 0. The minimum Gasteiger partial charge on any atom is -0.294 e. The van der Waals surface area contributed by atoms with Crippen molar-refractivity contribution in [3.63, 3.8) is 0 Å². The van der Waals surface area contributed by atoms with Crippen molar-refractivity contribution in [2.75, 3.05) is 0 Å². The summed E-state index contributed by atoms with van der Waals surface area (Å²) in [6.07, 6.45) is 8.40. The molecule has 4 fully saturated rings. The van der Waals surface area contributed by atoms with Gasteiger partial charge in [-0.15, -0.1) is 0 Å². The van der Waals surface area contributed by atoms with Gasteiger partial charge < -0.3 is 0 Å². The second-order valence-corrected chi connectivity index (χ2v) is 11.2. The Kier molecular flexibility index (Phi) is 4.95. The highest BCUT2D eigenvalue weighted by Gasteiger charge is 2.60. The first-order valence-corrected chi connectivity index (χ1v) is 12.1. The highest BCUT2D eigenvalue weighted by molar-refractivity contribution is 6.05. The molecule has 1 nitrogen and oxygen atoms in total. The predicted octanol–water partition coefficient (Wildman–Crippen LogP) is 7.70. The molecule has 0 saturated heterocycles. The van der Waals surface area contributed by atoms with Crippen LogP contribution in [0.1, 0.15) is 82.8 Å². The average Bonchev–Trinajstić information content (AvgIpc) is 2.98. The highest BCUT2D eigenvalue weighted by atomic mass is 19.4. The molecule has 4 saturated carbocycles. The van der Waals surface area contributed by atoms with Crippen molar-refractivity contribution >= 4 is 11.9 Å². The van der Waals surface area contributed by atoms with Crippen LogP contribution in [-0.2, 0) is 11.0 Å². The fraction of sp³-hybridized carbons (Fsp3) is 0.667. The van der Waals surface area contributed by atoms with Crippen LogP contribution < -0.4 is 0 Å². The summed E-state index contributed by atoms with van der Waals surface area (Å²) in [7, 11) is 0. The molecule has 4 heteroatoms. The van der Waals surface area contributed by atoms with Crippen molar-refractivity contribution in [2.45, 2.75) is 77.8 Å². The van der Waals surface area contributed by atoms with E-state index in [0.717, 1.165) is 48.8 Å². The van der Waals surface area contributed by atoms with E-state index in [-0.39, 0.29) is 11.2 Å². The number of carbonyl (C=O) groups is 1. The van der Waals surface area contributed by atoms with Gasteiger partial charge >= 0.3 is 6.18 Å². The van der Waals surface area contributed by atoms with Crippen molar-refractivity contribution in [3.8, 4) is 0 Å². The standard InChI is InChI=1S/C27H33F3O/c1-25-13-4-3-5-19(25)10-11-21-22(25)12-14-26(2)23(21)16-18(24(26)31)15-17-6-8-20(9-7-17)27(28,29)30/h6-9,15,19,21-23H,3-5,10-14,16H2,1-2H3/b18-15+/t19-,21+,22-,23+,25+,26+/m1/s1. The van der Waals surface area contributed by atoms with E-state index in [4.69, 9.17) is 0 Å². The zero-order chi connectivity index (χ0) is 22.0. The second kappa shape index (κ2) is 7.22. The molecule has 0 aromatic heterocycles. The van der Waals surface area contributed by atoms with E-state index < -0.39 is 11.7 Å². The molecule has 0 aliphatic heterocycles. The third-order valence-corrected chi connectivity index (χ3v) is 9.80. The van der Waals surface area contributed by atoms with E-state index in [0.29, 0.717) is 22.8 Å². The number of ketones is 1. The van der Waals surface area contributed by atoms with Gasteiger partial charge in [0.1, 0.15) is 0 Å². The van der Waals surface area contributed by atoms with Gasteiger partial charge in [0.25, 0.3) is 0 Å². The number of alkyl halides is 3. The Morgan fingerprint density at radius 2 is 1.68 bits per heavy atom. The fourth-order valence-corrected chi connectivity index (χ4v) is 8.06. The molecule has 31 heavy (non-hydrogen) atoms. The Hall–Kier alpha value is -1.58. The first-order valence-electron chi connectivity index (χ1n) is 12.1. The third kappa shape index (κ3) is 3.31. The maximum Gasteiger partial charge on any atom is 0.416 e. The Balaban J connectivity index is 1.42. The van der Waals surface area contributed by atoms with Crippen LogP contribution in [0, 0.1) is 34.5 Å². The molecule has 0 amide bonds. The first kappa shape index (κ1) is 21.3. The summed E-state index contributed by atoms with van der Waals surface area (Å²) < 4.78 is 38.6. The van der Waals surface area contributed by atoms with Crippen LogP contribution in [0.5, 0.6) is 0 Å². The van der Waals surface area contributed by atoms with Crippen molar-refractivity contribution < 1.29 is 18.0 Å². The average molecular weight is 431 g/mol. The molecule has 5 rings (SSSR count). The van der Waals surface area contributed by atoms with Gasteiger partial charge in [0.2, 0.25) is 0 Å². The van der Waals surface area contributed by atoms with Gasteiger partial charge in [-0.2, -0.15) is 13.2 Å². The topological polar surface area (TPSA) is 17.1 Å². The lowest BCUT2D eigenvalue weighted by Crippen LogP contribution is -2.52. The van der Waals surface area contributed by atoms with Crippen molar-refractivity contribution in [1.29, 1.82) is 0 Å². The lowest BCUT2D eigenvalue weighted by molar-refractivity contribution is -0.138. The number of hydrogen-bond donors (Lipinski definition) is 0. The Bertz CT molecular complexity index is 898. The van der Waals surface area contributed by atoms with E-state index in [1.54, 1.807) is 0 Å². The molecule has 0 spiro atoms. The van der Waals surface area contributed by atoms with E-state index >= 15 is 0 Å². The largest absolute Gasteiger partial charge is 0.416 e. The Labute approximate surface area is 183 Å². The maximum absolute atomic E-state index is 13.5. The molecule has 168 valence electrons. The van der Waals surface area contributed by atoms with Crippen molar-refractivity contribution in [2.24, 2.45) is 34.5 Å². The summed E-state index contributed by atoms with van der Waals surface area (Å²) in [5.41, 5.74) is 1.01. The number of rotatable bonds is 1. The summed E-state index contributed by atoms with van der Waals surface area (Å²) in [5.74, 6) is 2.82. The highest BCUT2D eigenvalue weighted by Crippen LogP contribution is 2.66. The van der Waals surface area contributed by atoms with Crippen molar-refractivity contribution in [3.05, 3.63) is 41.0 Å². The number of hydrogen-bond acceptors (Lipinski definition) is 1. The van der Waals surface area contributed by atoms with Gasteiger partial charge in [-0.1, -0.05) is 38.8 Å². The fourth-order valence-electron chi connectivity index (χ4n) is 8.06. The number of carbonyl (C=O) groups excluding carboxylic acids is 1. The smallest absolute Gasteiger partial charge is 0.294 e. The van der Waals surface area contributed by atoms with Gasteiger partial charge in [-0.05, 0) is 103 Å². The molecule has 0 unspecified atom stereocenters. The molecule has 0 bridgehead atoms. The summed E-state index contributed by atoms with van der Waals surface area (Å²) >= 11 is 0. The normalized spacial score (nSPS) is 41.6. The number of allylic oxidation sites excluding steroid dienone is 1. The summed E-state index contributed by atoms with van der Waals surface area (Å²) in [4.78, 5) is 13.5. The SMILES string of the molecule is C[C@]12CCCC[C@@H]1CC[C@H]1[C@H]2CC[C@]2(C)C(=O)/C(=C/c3ccc(C(F)(F)F)cc3)C[C@@H]12. The Morgan fingerprint density at radius 3 is 2.39 bits per heavy atom. The third-order valence-electron chi connectivity index (χ3n) is 9.80. The summed E-state index contributed by atoms with van der Waals surface area (Å²) in [6.45, 7) is 4.70. The molecule has 0 heterocycles. The molecular formula is C27H33F3O. The van der Waals surface area contributed by atoms with Gasteiger partial charge in [0.15, 0.2) is 5.78 Å². The van der Waals surface area contributed by atoms with Crippen LogP contribution in [0.2, 0.25) is 0 Å². The van der Waals surface area contributed by atoms with Gasteiger partial charge in [-0.25, -0.2) is 0 Å². The molecule has 6 atom stereocenters. The maximum atomic E-state index is 13.5. The van der Waals surface area contributed by atoms with Crippen LogP contribution in [0.4, 0.5) is 13.2 Å². The van der Waals surface area contributed by atoms with E-state index in [1.807, 2.05) is 6.08 Å². The van der Waals surface area contributed by atoms with Crippen LogP contribution in [0.15, 0.2) is 29.8 Å². The second-order valence-electron chi connectivity index (χ2n) is 11.2. The van der Waals surface area contributed by atoms with Crippen LogP contribution in [0.25, 0.3) is 6.08 Å². The molecule has 4 aliphatic rings. The molecule has 1 aromatic carbocycles. The van der Waals surface area contributed by atoms with Crippen LogP contribution >= 0.6 is 0 Å². The molecule has 0 N–H and O–H groups in total. The molecule has 1 aromatic rings. The zero-order valence-corrected chi connectivity index (χ0v) is 18.6. The minimum absolute atomic E-state index is 0.242. The number of Topliss-reactive ketones (excluding diaryl/α,β-unsaturated/α-hetero) is 1.